The third kappa shape index (κ3) is 4.25. The van der Waals surface area contributed by atoms with Crippen molar-refractivity contribution in [2.45, 2.75) is 12.7 Å². The number of nitrogens with two attached hydrogens (primary N) is 1. The molecule has 10 heteroatoms. The Morgan fingerprint density at radius 2 is 2.05 bits per heavy atom. The van der Waals surface area contributed by atoms with Gasteiger partial charge >= 0.3 is 11.9 Å². The molecule has 4 N–H and O–H groups in total. The maximum Gasteiger partial charge on any atom is 0.431 e. The molecule has 7 nitrogen and oxygen atoms in total. The fourth-order valence-corrected chi connectivity index (χ4v) is 1.29. The first-order chi connectivity index (χ1) is 8.71. The summed E-state index contributed by atoms with van der Waals surface area (Å²) in [7, 11) is 0. The van der Waals surface area contributed by atoms with Crippen LogP contribution in [-0.4, -0.2) is 28.5 Å². The van der Waals surface area contributed by atoms with E-state index in [-0.39, 0.29) is 19.6 Å². The Hall–Kier alpha value is -2.10. The molecule has 1 amide bonds. The molecule has 0 aliphatic carbocycles. The van der Waals surface area contributed by atoms with Crippen molar-refractivity contribution < 1.29 is 18.0 Å². The number of carbonyl (C=O) groups excluding carboxylic acids is 1. The van der Waals surface area contributed by atoms with Crippen molar-refractivity contribution in [2.24, 2.45) is 5.73 Å². The van der Waals surface area contributed by atoms with Crippen molar-refractivity contribution in [1.82, 2.24) is 14.9 Å². The highest BCUT2D eigenvalue weighted by Crippen LogP contribution is 2.25. The van der Waals surface area contributed by atoms with Crippen LogP contribution in [0.25, 0.3) is 0 Å². The first-order valence-electron chi connectivity index (χ1n) is 5.12. The Kier molecular flexibility index (Phi) is 4.48. The summed E-state index contributed by atoms with van der Waals surface area (Å²) in [5.41, 5.74) is 1.20. The minimum absolute atomic E-state index is 0.0390. The van der Waals surface area contributed by atoms with E-state index in [2.05, 4.69) is 5.32 Å². The number of nitrogens with zero attached hydrogens (tertiary/aromatic N) is 1. The van der Waals surface area contributed by atoms with Gasteiger partial charge in [0.15, 0.2) is 0 Å². The second kappa shape index (κ2) is 5.69. The molecule has 0 fully saturated rings. The van der Waals surface area contributed by atoms with Crippen LogP contribution in [0.5, 0.6) is 0 Å². The first-order valence-corrected chi connectivity index (χ1v) is 5.12. The average Bonchev–Trinajstić information content (AvgIpc) is 2.25. The smallest absolute Gasteiger partial charge is 0.369 e. The number of primary amides is 1. The zero-order chi connectivity index (χ0) is 14.6. The molecule has 1 aromatic heterocycles. The van der Waals surface area contributed by atoms with Gasteiger partial charge in [0.2, 0.25) is 5.91 Å². The normalized spacial score (nSPS) is 11.5. The number of carbonyl (C=O) groups is 1. The van der Waals surface area contributed by atoms with Gasteiger partial charge in [-0.1, -0.05) is 0 Å². The molecule has 0 saturated carbocycles. The Morgan fingerprint density at radius 1 is 1.42 bits per heavy atom. The number of aromatic nitrogens is 2. The molecule has 19 heavy (non-hydrogen) atoms. The molecule has 0 saturated heterocycles. The number of halogens is 3. The fraction of sp³-hybridized carbons (Fsp3) is 0.444. The van der Waals surface area contributed by atoms with Crippen LogP contribution in [0, 0.1) is 0 Å². The van der Waals surface area contributed by atoms with Crippen LogP contribution in [0.4, 0.5) is 13.2 Å². The van der Waals surface area contributed by atoms with Gasteiger partial charge in [-0.2, -0.15) is 13.2 Å². The fourth-order valence-electron chi connectivity index (χ4n) is 1.29. The summed E-state index contributed by atoms with van der Waals surface area (Å²) in [6, 6.07) is 0.301. The summed E-state index contributed by atoms with van der Waals surface area (Å²) in [6.07, 6.45) is -4.79. The molecule has 0 spiro atoms. The predicted molar refractivity (Wildman–Crippen MR) is 58.4 cm³/mol. The second-order valence-corrected chi connectivity index (χ2v) is 3.62. The van der Waals surface area contributed by atoms with E-state index in [1.54, 1.807) is 4.98 Å². The molecule has 1 aromatic rings. The summed E-state index contributed by atoms with van der Waals surface area (Å²) in [5, 5.41) is 2.52. The predicted octanol–water partition coefficient (Wildman–Crippen LogP) is -1.37. The lowest BCUT2D eigenvalue weighted by atomic mass is 10.4. The molecular formula is C9H11F3N4O3. The van der Waals surface area contributed by atoms with Gasteiger partial charge in [-0.25, -0.2) is 4.79 Å². The molecule has 0 bridgehead atoms. The summed E-state index contributed by atoms with van der Waals surface area (Å²) in [4.78, 5) is 34.6. The molecule has 0 aromatic carbocycles. The lowest BCUT2D eigenvalue weighted by Crippen LogP contribution is -2.40. The number of nitrogens with one attached hydrogen (secondary N) is 2. The van der Waals surface area contributed by atoms with Gasteiger partial charge in [-0.3, -0.25) is 14.2 Å². The SMILES string of the molecule is NC(=O)CNCCn1c(=O)cc(C(F)(F)F)[nH]c1=O. The zero-order valence-electron chi connectivity index (χ0n) is 9.58. The summed E-state index contributed by atoms with van der Waals surface area (Å²) in [6.45, 7) is -0.301. The Labute approximate surface area is 104 Å². The Balaban J connectivity index is 2.84. The number of rotatable bonds is 5. The van der Waals surface area contributed by atoms with E-state index in [0.29, 0.717) is 10.6 Å². The monoisotopic (exact) mass is 280 g/mol. The minimum Gasteiger partial charge on any atom is -0.369 e. The zero-order valence-corrected chi connectivity index (χ0v) is 9.58. The second-order valence-electron chi connectivity index (χ2n) is 3.62. The van der Waals surface area contributed by atoms with Crippen molar-refractivity contribution >= 4 is 5.91 Å². The van der Waals surface area contributed by atoms with E-state index >= 15 is 0 Å². The molecular weight excluding hydrogens is 269 g/mol. The van der Waals surface area contributed by atoms with E-state index in [1.807, 2.05) is 0 Å². The highest BCUT2D eigenvalue weighted by molar-refractivity contribution is 5.75. The van der Waals surface area contributed by atoms with Crippen molar-refractivity contribution in [3.8, 4) is 0 Å². The van der Waals surface area contributed by atoms with Gasteiger partial charge in [0.05, 0.1) is 6.54 Å². The van der Waals surface area contributed by atoms with Gasteiger partial charge in [0, 0.05) is 19.2 Å². The summed E-state index contributed by atoms with van der Waals surface area (Å²) >= 11 is 0. The van der Waals surface area contributed by atoms with Crippen LogP contribution in [0.3, 0.4) is 0 Å². The first kappa shape index (κ1) is 15.0. The minimum atomic E-state index is -4.79. The van der Waals surface area contributed by atoms with Gasteiger partial charge < -0.3 is 16.0 Å². The summed E-state index contributed by atoms with van der Waals surface area (Å²) < 4.78 is 37.5. The van der Waals surface area contributed by atoms with Gasteiger partial charge in [0.25, 0.3) is 5.56 Å². The van der Waals surface area contributed by atoms with Crippen molar-refractivity contribution in [3.05, 3.63) is 32.6 Å². The largest absolute Gasteiger partial charge is 0.431 e. The van der Waals surface area contributed by atoms with Crippen LogP contribution >= 0.6 is 0 Å². The Bertz CT molecular complexity index is 544. The molecule has 0 aliphatic heterocycles. The van der Waals surface area contributed by atoms with E-state index in [4.69, 9.17) is 5.73 Å². The van der Waals surface area contributed by atoms with Crippen LogP contribution in [0.15, 0.2) is 15.7 Å². The molecule has 0 aliphatic rings. The van der Waals surface area contributed by atoms with Gasteiger partial charge in [0.1, 0.15) is 5.69 Å². The van der Waals surface area contributed by atoms with Crippen LogP contribution in [0.1, 0.15) is 5.69 Å². The number of hydrogen-bond donors (Lipinski definition) is 3. The van der Waals surface area contributed by atoms with E-state index in [9.17, 15) is 27.6 Å². The lowest BCUT2D eigenvalue weighted by Gasteiger charge is -2.08. The van der Waals surface area contributed by atoms with Crippen LogP contribution in [0.2, 0.25) is 0 Å². The number of aromatic amines is 1. The van der Waals surface area contributed by atoms with Crippen LogP contribution < -0.4 is 22.3 Å². The third-order valence-electron chi connectivity index (χ3n) is 2.14. The number of H-pyrrole nitrogens is 1. The quantitative estimate of drug-likeness (QED) is 0.578. The topological polar surface area (TPSA) is 110 Å². The number of hydrogen-bond acceptors (Lipinski definition) is 4. The maximum absolute atomic E-state index is 12.3. The standard InChI is InChI=1S/C9H11F3N4O3/c10-9(11,12)5-3-7(18)16(8(19)15-5)2-1-14-4-6(13)17/h3,14H,1-2,4H2,(H2,13,17)(H,15,19). The molecule has 1 rings (SSSR count). The van der Waals surface area contributed by atoms with Crippen molar-refractivity contribution in [2.75, 3.05) is 13.1 Å². The number of alkyl halides is 3. The van der Waals surface area contributed by atoms with E-state index < -0.39 is 29.0 Å². The highest BCUT2D eigenvalue weighted by atomic mass is 19.4. The van der Waals surface area contributed by atoms with Gasteiger partial charge in [-0.05, 0) is 0 Å². The Morgan fingerprint density at radius 3 is 2.53 bits per heavy atom. The molecule has 1 heterocycles. The average molecular weight is 280 g/mol. The molecule has 0 radical (unpaired) electrons. The van der Waals surface area contributed by atoms with E-state index in [1.165, 1.54) is 0 Å². The van der Waals surface area contributed by atoms with Crippen molar-refractivity contribution in [3.63, 3.8) is 0 Å². The molecule has 106 valence electrons. The van der Waals surface area contributed by atoms with Crippen molar-refractivity contribution in [1.29, 1.82) is 0 Å². The van der Waals surface area contributed by atoms with Crippen LogP contribution in [-0.2, 0) is 17.5 Å². The third-order valence-corrected chi connectivity index (χ3v) is 2.14. The van der Waals surface area contributed by atoms with Gasteiger partial charge in [-0.15, -0.1) is 0 Å². The molecule has 0 atom stereocenters. The highest BCUT2D eigenvalue weighted by Gasteiger charge is 2.32. The number of amides is 1. The molecule has 0 unspecified atom stereocenters. The lowest BCUT2D eigenvalue weighted by molar-refractivity contribution is -0.141. The maximum atomic E-state index is 12.3. The summed E-state index contributed by atoms with van der Waals surface area (Å²) in [5.74, 6) is -0.631. The van der Waals surface area contributed by atoms with E-state index in [0.717, 1.165) is 0 Å².